The van der Waals surface area contributed by atoms with Crippen molar-refractivity contribution < 1.29 is 13.9 Å². The maximum Gasteiger partial charge on any atom is 0.200 e. The van der Waals surface area contributed by atoms with E-state index in [1.165, 1.54) is 12.8 Å². The molecule has 0 aliphatic rings. The van der Waals surface area contributed by atoms with Crippen LogP contribution in [0.3, 0.4) is 0 Å². The van der Waals surface area contributed by atoms with Gasteiger partial charge in [0.1, 0.15) is 11.3 Å². The number of nitrogens with zero attached hydrogens (tertiary/aromatic N) is 1. The highest BCUT2D eigenvalue weighted by Crippen LogP contribution is 2.29. The summed E-state index contributed by atoms with van der Waals surface area (Å²) in [6, 6.07) is 11.6. The van der Waals surface area contributed by atoms with Crippen LogP contribution in [0.4, 0.5) is 0 Å². The van der Waals surface area contributed by atoms with E-state index < -0.39 is 0 Å². The fourth-order valence-electron chi connectivity index (χ4n) is 4.78. The molecule has 0 fully saturated rings. The molecule has 6 nitrogen and oxygen atoms in total. The summed E-state index contributed by atoms with van der Waals surface area (Å²) in [5.74, 6) is 1.35. The van der Waals surface area contributed by atoms with Gasteiger partial charge in [-0.25, -0.2) is 0 Å². The van der Waals surface area contributed by atoms with E-state index in [2.05, 4.69) is 31.0 Å². The second-order valence-corrected chi connectivity index (χ2v) is 9.75. The third-order valence-corrected chi connectivity index (χ3v) is 7.27. The van der Waals surface area contributed by atoms with Crippen LogP contribution in [0.5, 0.6) is 11.5 Å². The van der Waals surface area contributed by atoms with Crippen molar-refractivity contribution in [1.29, 1.82) is 0 Å². The van der Waals surface area contributed by atoms with Crippen molar-refractivity contribution in [1.82, 2.24) is 10.2 Å². The van der Waals surface area contributed by atoms with Crippen LogP contribution in [-0.2, 0) is 0 Å². The predicted octanol–water partition coefficient (Wildman–Crippen LogP) is 6.77. The Hall–Kier alpha value is -2.57. The number of rotatable bonds is 18. The minimum Gasteiger partial charge on any atom is -0.493 e. The molecule has 0 spiro atoms. The normalized spacial score (nSPS) is 12.5. The molecule has 0 aliphatic carbocycles. The average molecular weight is 511 g/mol. The van der Waals surface area contributed by atoms with Crippen molar-refractivity contribution in [3.63, 3.8) is 0 Å². The minimum atomic E-state index is -0.0394. The lowest BCUT2D eigenvalue weighted by atomic mass is 10.1. The summed E-state index contributed by atoms with van der Waals surface area (Å²) in [7, 11) is 2.03. The Kier molecular flexibility index (Phi) is 12.2. The van der Waals surface area contributed by atoms with E-state index in [9.17, 15) is 4.79 Å². The molecular weight excluding hydrogens is 464 g/mol. The van der Waals surface area contributed by atoms with Crippen LogP contribution in [0.2, 0.25) is 0 Å². The van der Waals surface area contributed by atoms with Gasteiger partial charge < -0.3 is 24.1 Å². The Morgan fingerprint density at radius 1 is 0.892 bits per heavy atom. The summed E-state index contributed by atoms with van der Waals surface area (Å²) in [6.45, 7) is 11.2. The van der Waals surface area contributed by atoms with Crippen LogP contribution in [0, 0.1) is 0 Å². The van der Waals surface area contributed by atoms with Gasteiger partial charge in [0.2, 0.25) is 5.43 Å². The van der Waals surface area contributed by atoms with E-state index in [-0.39, 0.29) is 5.43 Å². The number of unbranched alkanes of at least 4 members (excludes halogenated alkanes) is 4. The summed E-state index contributed by atoms with van der Waals surface area (Å²) >= 11 is 0. The van der Waals surface area contributed by atoms with Crippen molar-refractivity contribution in [3.8, 4) is 11.5 Å². The monoisotopic (exact) mass is 510 g/mol. The highest BCUT2D eigenvalue weighted by Gasteiger charge is 2.13. The van der Waals surface area contributed by atoms with Crippen molar-refractivity contribution in [2.24, 2.45) is 0 Å². The van der Waals surface area contributed by atoms with Gasteiger partial charge in [-0.1, -0.05) is 39.7 Å². The van der Waals surface area contributed by atoms with Crippen molar-refractivity contribution in [3.05, 3.63) is 46.6 Å². The Morgan fingerprint density at radius 3 is 2.38 bits per heavy atom. The van der Waals surface area contributed by atoms with Gasteiger partial charge in [0.25, 0.3) is 0 Å². The van der Waals surface area contributed by atoms with Crippen LogP contribution in [0.25, 0.3) is 21.9 Å². The zero-order chi connectivity index (χ0) is 26.5. The topological polar surface area (TPSA) is 63.9 Å². The lowest BCUT2D eigenvalue weighted by Gasteiger charge is -2.17. The standard InChI is InChI=1S/C31H46N2O4/c1-5-24(32-4)15-10-8-12-21-35-25-18-19-26-29(23-25)37-31-27(30(26)34)16-14-17-28(31)36-22-13-9-11-20-33(6-2)7-3/h14,16-19,23-24,32H,5-13,15,20-22H2,1-4H3. The second kappa shape index (κ2) is 15.6. The number of hydrogen-bond donors (Lipinski definition) is 1. The number of ether oxygens (including phenoxy) is 2. The molecule has 0 saturated heterocycles. The molecule has 3 aromatic rings. The molecule has 0 aliphatic heterocycles. The van der Waals surface area contributed by atoms with E-state index >= 15 is 0 Å². The lowest BCUT2D eigenvalue weighted by Crippen LogP contribution is -2.23. The van der Waals surface area contributed by atoms with E-state index in [0.29, 0.717) is 46.9 Å². The number of fused-ring (bicyclic) bond motifs is 2. The number of para-hydroxylation sites is 1. The molecule has 1 atom stereocenters. The molecule has 1 N–H and O–H groups in total. The molecule has 37 heavy (non-hydrogen) atoms. The Bertz CT molecular complexity index is 1140. The zero-order valence-electron chi connectivity index (χ0n) is 23.3. The van der Waals surface area contributed by atoms with Gasteiger partial charge in [0.05, 0.1) is 24.0 Å². The highest BCUT2D eigenvalue weighted by molar-refractivity contribution is 5.92. The van der Waals surface area contributed by atoms with Gasteiger partial charge in [0, 0.05) is 12.1 Å². The smallest absolute Gasteiger partial charge is 0.200 e. The van der Waals surface area contributed by atoms with E-state index in [4.69, 9.17) is 13.9 Å². The molecule has 204 valence electrons. The molecule has 0 amide bonds. The van der Waals surface area contributed by atoms with Crippen molar-refractivity contribution in [2.75, 3.05) is 39.9 Å². The van der Waals surface area contributed by atoms with Crippen LogP contribution >= 0.6 is 0 Å². The van der Waals surface area contributed by atoms with Crippen LogP contribution in [0.1, 0.15) is 72.1 Å². The molecule has 1 heterocycles. The van der Waals surface area contributed by atoms with Crippen LogP contribution in [-0.4, -0.2) is 50.8 Å². The maximum absolute atomic E-state index is 13.2. The maximum atomic E-state index is 13.2. The quantitative estimate of drug-likeness (QED) is 0.150. The van der Waals surface area contributed by atoms with Gasteiger partial charge in [-0.05, 0) is 89.5 Å². The van der Waals surface area contributed by atoms with Gasteiger partial charge in [0.15, 0.2) is 11.3 Å². The van der Waals surface area contributed by atoms with Gasteiger partial charge in [-0.15, -0.1) is 0 Å². The van der Waals surface area contributed by atoms with E-state index in [0.717, 1.165) is 63.9 Å². The molecule has 1 unspecified atom stereocenters. The van der Waals surface area contributed by atoms with Gasteiger partial charge in [-0.3, -0.25) is 4.79 Å². The molecule has 0 radical (unpaired) electrons. The minimum absolute atomic E-state index is 0.0394. The Labute approximate surface area is 222 Å². The van der Waals surface area contributed by atoms with E-state index in [1.807, 2.05) is 31.3 Å². The fraction of sp³-hybridized carbons (Fsp3) is 0.581. The SMILES string of the molecule is CCC(CCCCCOc1ccc2c(=O)c3cccc(OCCCCCN(CC)CC)c3oc2c1)NC. The number of hydrogen-bond acceptors (Lipinski definition) is 6. The van der Waals surface area contributed by atoms with Crippen LogP contribution in [0.15, 0.2) is 45.6 Å². The van der Waals surface area contributed by atoms with Gasteiger partial charge in [-0.2, -0.15) is 0 Å². The summed E-state index contributed by atoms with van der Waals surface area (Å²) in [5.41, 5.74) is 1.00. The van der Waals surface area contributed by atoms with Crippen LogP contribution < -0.4 is 20.2 Å². The molecule has 6 heteroatoms. The largest absolute Gasteiger partial charge is 0.493 e. The molecule has 1 aromatic heterocycles. The average Bonchev–Trinajstić information content (AvgIpc) is 2.92. The first-order chi connectivity index (χ1) is 18.1. The molecule has 2 aromatic carbocycles. The Balaban J connectivity index is 1.59. The first kappa shape index (κ1) is 29.0. The summed E-state index contributed by atoms with van der Waals surface area (Å²) in [4.78, 5) is 15.6. The summed E-state index contributed by atoms with van der Waals surface area (Å²) in [5, 5.41) is 4.47. The predicted molar refractivity (Wildman–Crippen MR) is 154 cm³/mol. The number of benzene rings is 2. The third kappa shape index (κ3) is 8.47. The molecule has 0 bridgehead atoms. The highest BCUT2D eigenvalue weighted by atomic mass is 16.5. The first-order valence-electron chi connectivity index (χ1n) is 14.3. The molecular formula is C31H46N2O4. The summed E-state index contributed by atoms with van der Waals surface area (Å²) in [6.07, 6.45) is 8.95. The second-order valence-electron chi connectivity index (χ2n) is 9.75. The zero-order valence-corrected chi connectivity index (χ0v) is 23.3. The third-order valence-electron chi connectivity index (χ3n) is 7.27. The first-order valence-corrected chi connectivity index (χ1v) is 14.3. The van der Waals surface area contributed by atoms with Crippen molar-refractivity contribution in [2.45, 2.75) is 78.2 Å². The molecule has 0 saturated carbocycles. The summed E-state index contributed by atoms with van der Waals surface area (Å²) < 4.78 is 18.3. The lowest BCUT2D eigenvalue weighted by molar-refractivity contribution is 0.277. The van der Waals surface area contributed by atoms with Gasteiger partial charge >= 0.3 is 0 Å². The fourth-order valence-corrected chi connectivity index (χ4v) is 4.78. The van der Waals surface area contributed by atoms with E-state index in [1.54, 1.807) is 12.1 Å². The molecule has 3 rings (SSSR count). The number of nitrogens with one attached hydrogen (secondary N) is 1. The Morgan fingerprint density at radius 2 is 1.65 bits per heavy atom. The van der Waals surface area contributed by atoms with Crippen molar-refractivity contribution >= 4 is 21.9 Å².